The van der Waals surface area contributed by atoms with Gasteiger partial charge in [-0.3, -0.25) is 9.59 Å². The summed E-state index contributed by atoms with van der Waals surface area (Å²) in [5.41, 5.74) is 0.862. The van der Waals surface area contributed by atoms with E-state index in [1.54, 1.807) is 6.92 Å². The fraction of sp³-hybridized carbons (Fsp3) is 0.640. The lowest BCUT2D eigenvalue weighted by atomic mass is 9.83. The maximum atomic E-state index is 13.1. The van der Waals surface area contributed by atoms with Crippen LogP contribution in [0.5, 0.6) is 0 Å². The smallest absolute Gasteiger partial charge is 0.337 e. The van der Waals surface area contributed by atoms with Crippen LogP contribution >= 0.6 is 0 Å². The Morgan fingerprint density at radius 1 is 1.06 bits per heavy atom. The lowest BCUT2D eigenvalue weighted by Crippen LogP contribution is -2.56. The van der Waals surface area contributed by atoms with Gasteiger partial charge in [-0.1, -0.05) is 76.3 Å². The maximum Gasteiger partial charge on any atom is 0.337 e. The molecule has 0 heterocycles. The molecule has 0 radical (unpaired) electrons. The van der Waals surface area contributed by atoms with Gasteiger partial charge in [0.25, 0.3) is 0 Å². The molecule has 0 bridgehead atoms. The highest BCUT2D eigenvalue weighted by Crippen LogP contribution is 2.28. The van der Waals surface area contributed by atoms with Crippen LogP contribution in [0.3, 0.4) is 0 Å². The van der Waals surface area contributed by atoms with Crippen molar-refractivity contribution < 1.29 is 24.2 Å². The zero-order chi connectivity index (χ0) is 23.5. The normalized spacial score (nSPS) is 17.3. The number of hydrogen-bond acceptors (Lipinski definition) is 5. The average molecular weight is 447 g/mol. The topological polar surface area (TPSA) is 105 Å². The standard InChI is InChI=1S/C25H38N2O5/c1-4-32-25(31)23(29)20(15-18-11-7-5-8-12-18)26-24(30)22(17(2)3)27-21(28)16-19-13-9-6-10-14-19/h6,9-10,13-14,17-18,20,22-23,29H,4-5,7-8,11-12,15-16H2,1-3H3,(H,26,30)(H,27,28)/t20-,22+,23+/m0/s1. The summed E-state index contributed by atoms with van der Waals surface area (Å²) in [6, 6.07) is 7.81. The van der Waals surface area contributed by atoms with Crippen molar-refractivity contribution in [1.82, 2.24) is 10.6 Å². The van der Waals surface area contributed by atoms with Crippen molar-refractivity contribution in [1.29, 1.82) is 0 Å². The lowest BCUT2D eigenvalue weighted by Gasteiger charge is -2.31. The summed E-state index contributed by atoms with van der Waals surface area (Å²) in [4.78, 5) is 37.9. The Morgan fingerprint density at radius 2 is 1.72 bits per heavy atom. The van der Waals surface area contributed by atoms with Crippen molar-refractivity contribution >= 4 is 17.8 Å². The minimum atomic E-state index is -1.44. The van der Waals surface area contributed by atoms with E-state index in [4.69, 9.17) is 4.74 Å². The summed E-state index contributed by atoms with van der Waals surface area (Å²) in [5, 5.41) is 16.3. The Hall–Kier alpha value is -2.41. The molecule has 1 fully saturated rings. The first-order valence-corrected chi connectivity index (χ1v) is 11.8. The van der Waals surface area contributed by atoms with Crippen molar-refractivity contribution in [2.75, 3.05) is 6.61 Å². The molecule has 1 aliphatic carbocycles. The Bertz CT molecular complexity index is 731. The molecule has 3 atom stereocenters. The molecule has 0 unspecified atom stereocenters. The van der Waals surface area contributed by atoms with Gasteiger partial charge >= 0.3 is 5.97 Å². The second-order valence-corrected chi connectivity index (χ2v) is 9.00. The second kappa shape index (κ2) is 13.2. The van der Waals surface area contributed by atoms with Crippen LogP contribution in [-0.4, -0.2) is 47.7 Å². The minimum absolute atomic E-state index is 0.157. The van der Waals surface area contributed by atoms with Crippen LogP contribution in [0, 0.1) is 11.8 Å². The maximum absolute atomic E-state index is 13.1. The zero-order valence-corrected chi connectivity index (χ0v) is 19.5. The Kier molecular flexibility index (Phi) is 10.7. The Labute approximate surface area is 191 Å². The third-order valence-corrected chi connectivity index (χ3v) is 6.02. The van der Waals surface area contributed by atoms with E-state index in [2.05, 4.69) is 10.6 Å². The number of amides is 2. The summed E-state index contributed by atoms with van der Waals surface area (Å²) >= 11 is 0. The first-order valence-electron chi connectivity index (χ1n) is 11.8. The van der Waals surface area contributed by atoms with E-state index >= 15 is 0 Å². The summed E-state index contributed by atoms with van der Waals surface area (Å²) in [5.74, 6) is -1.21. The molecule has 2 rings (SSSR count). The van der Waals surface area contributed by atoms with Gasteiger partial charge in [-0.15, -0.1) is 0 Å². The van der Waals surface area contributed by atoms with E-state index in [0.29, 0.717) is 12.3 Å². The van der Waals surface area contributed by atoms with Crippen molar-refractivity contribution in [2.45, 2.75) is 83.9 Å². The summed E-state index contributed by atoms with van der Waals surface area (Å²) in [6.07, 6.45) is 4.70. The fourth-order valence-electron chi connectivity index (χ4n) is 4.25. The van der Waals surface area contributed by atoms with Crippen LogP contribution in [0.1, 0.15) is 64.9 Å². The fourth-order valence-corrected chi connectivity index (χ4v) is 4.25. The first kappa shape index (κ1) is 25.8. The predicted molar refractivity (Wildman–Crippen MR) is 123 cm³/mol. The largest absolute Gasteiger partial charge is 0.464 e. The van der Waals surface area contributed by atoms with E-state index in [1.807, 2.05) is 44.2 Å². The lowest BCUT2D eigenvalue weighted by molar-refractivity contribution is -0.155. The summed E-state index contributed by atoms with van der Waals surface area (Å²) in [7, 11) is 0. The molecular formula is C25H38N2O5. The highest BCUT2D eigenvalue weighted by molar-refractivity contribution is 5.89. The molecule has 0 aliphatic heterocycles. The van der Waals surface area contributed by atoms with Crippen LogP contribution in [0.4, 0.5) is 0 Å². The van der Waals surface area contributed by atoms with Gasteiger partial charge in [0, 0.05) is 0 Å². The monoisotopic (exact) mass is 446 g/mol. The molecule has 3 N–H and O–H groups in total. The molecule has 2 amide bonds. The predicted octanol–water partition coefficient (Wildman–Crippen LogP) is 2.75. The Morgan fingerprint density at radius 3 is 2.31 bits per heavy atom. The highest BCUT2D eigenvalue weighted by atomic mass is 16.5. The van der Waals surface area contributed by atoms with Gasteiger partial charge in [-0.2, -0.15) is 0 Å². The molecule has 1 saturated carbocycles. The van der Waals surface area contributed by atoms with E-state index in [-0.39, 0.29) is 24.9 Å². The third kappa shape index (κ3) is 8.26. The van der Waals surface area contributed by atoms with E-state index in [0.717, 1.165) is 31.2 Å². The van der Waals surface area contributed by atoms with Gasteiger partial charge in [0.05, 0.1) is 19.1 Å². The van der Waals surface area contributed by atoms with Gasteiger partial charge in [-0.25, -0.2) is 4.79 Å². The van der Waals surface area contributed by atoms with E-state index < -0.39 is 30.1 Å². The van der Waals surface area contributed by atoms with Gasteiger partial charge < -0.3 is 20.5 Å². The van der Waals surface area contributed by atoms with Gasteiger partial charge in [0.2, 0.25) is 11.8 Å². The second-order valence-electron chi connectivity index (χ2n) is 9.00. The number of benzene rings is 1. The van der Waals surface area contributed by atoms with Gasteiger partial charge in [0.15, 0.2) is 6.10 Å². The van der Waals surface area contributed by atoms with Gasteiger partial charge in [0.1, 0.15) is 6.04 Å². The zero-order valence-electron chi connectivity index (χ0n) is 19.5. The number of aliphatic hydroxyl groups excluding tert-OH is 1. The molecule has 178 valence electrons. The molecule has 7 heteroatoms. The number of carbonyl (C=O) groups is 3. The van der Waals surface area contributed by atoms with Crippen molar-refractivity contribution in [3.05, 3.63) is 35.9 Å². The van der Waals surface area contributed by atoms with E-state index in [9.17, 15) is 19.5 Å². The number of carbonyl (C=O) groups excluding carboxylic acids is 3. The van der Waals surface area contributed by atoms with Crippen LogP contribution in [0.15, 0.2) is 30.3 Å². The number of hydrogen-bond donors (Lipinski definition) is 3. The molecule has 0 spiro atoms. The summed E-state index contributed by atoms with van der Waals surface area (Å²) < 4.78 is 4.98. The van der Waals surface area contributed by atoms with Gasteiger partial charge in [-0.05, 0) is 30.7 Å². The third-order valence-electron chi connectivity index (χ3n) is 6.02. The molecule has 1 aromatic rings. The molecule has 0 aromatic heterocycles. The SMILES string of the molecule is CCOC(=O)[C@H](O)[C@H](CC1CCCCC1)NC(=O)[C@H](NC(=O)Cc1ccccc1)C(C)C. The molecule has 0 saturated heterocycles. The van der Waals surface area contributed by atoms with Crippen molar-refractivity contribution in [3.8, 4) is 0 Å². The first-order chi connectivity index (χ1) is 15.3. The number of esters is 1. The Balaban J connectivity index is 2.06. The quantitative estimate of drug-likeness (QED) is 0.454. The molecule has 32 heavy (non-hydrogen) atoms. The molecule has 1 aromatic carbocycles. The molecule has 1 aliphatic rings. The van der Waals surface area contributed by atoms with Crippen LogP contribution in [0.25, 0.3) is 0 Å². The summed E-state index contributed by atoms with van der Waals surface area (Å²) in [6.45, 7) is 5.54. The van der Waals surface area contributed by atoms with Crippen molar-refractivity contribution in [3.63, 3.8) is 0 Å². The molecule has 7 nitrogen and oxygen atoms in total. The number of aliphatic hydroxyl groups is 1. The van der Waals surface area contributed by atoms with E-state index in [1.165, 1.54) is 6.42 Å². The van der Waals surface area contributed by atoms with Crippen LogP contribution in [-0.2, 0) is 25.5 Å². The van der Waals surface area contributed by atoms with Crippen LogP contribution < -0.4 is 10.6 Å². The minimum Gasteiger partial charge on any atom is -0.464 e. The number of nitrogens with one attached hydrogen (secondary N) is 2. The highest BCUT2D eigenvalue weighted by Gasteiger charge is 2.34. The van der Waals surface area contributed by atoms with Crippen molar-refractivity contribution in [2.24, 2.45) is 11.8 Å². The molecular weight excluding hydrogens is 408 g/mol. The average Bonchev–Trinajstić information content (AvgIpc) is 2.77. The number of rotatable bonds is 11. The number of ether oxygens (including phenoxy) is 1. The van der Waals surface area contributed by atoms with Crippen LogP contribution in [0.2, 0.25) is 0 Å².